The molecule has 0 amide bonds. The highest BCUT2D eigenvalue weighted by atomic mass is 32.2. The Hall–Kier alpha value is -2.51. The number of benzene rings is 1. The van der Waals surface area contributed by atoms with Crippen LogP contribution in [0.5, 0.6) is 0 Å². The molecule has 0 saturated heterocycles. The first kappa shape index (κ1) is 16.4. The molecule has 0 bridgehead atoms. The normalized spacial score (nSPS) is 12.9. The average Bonchev–Trinajstić information content (AvgIpc) is 3.06. The Morgan fingerprint density at radius 3 is 2.58 bits per heavy atom. The summed E-state index contributed by atoms with van der Waals surface area (Å²) in [6, 6.07) is 14.7. The van der Waals surface area contributed by atoms with Crippen LogP contribution in [0.2, 0.25) is 0 Å². The van der Waals surface area contributed by atoms with Crippen molar-refractivity contribution in [3.8, 4) is 0 Å². The fraction of sp³-hybridized carbons (Fsp3) is 0.176. The molecule has 24 heavy (non-hydrogen) atoms. The van der Waals surface area contributed by atoms with Gasteiger partial charge in [-0.25, -0.2) is 13.1 Å². The molecule has 2 heterocycles. The molecule has 7 heteroatoms. The van der Waals surface area contributed by atoms with E-state index in [4.69, 9.17) is 0 Å². The fourth-order valence-corrected chi connectivity index (χ4v) is 3.50. The topological polar surface area (TPSA) is 76.9 Å². The fourth-order valence-electron chi connectivity index (χ4n) is 2.33. The minimum Gasteiger partial charge on any atom is -0.267 e. The molecule has 0 radical (unpaired) electrons. The van der Waals surface area contributed by atoms with Crippen LogP contribution in [0, 0.1) is 0 Å². The Bertz CT molecular complexity index is 893. The van der Waals surface area contributed by atoms with Gasteiger partial charge < -0.3 is 0 Å². The Labute approximate surface area is 141 Å². The highest BCUT2D eigenvalue weighted by molar-refractivity contribution is 7.89. The minimum absolute atomic E-state index is 0.140. The van der Waals surface area contributed by atoms with E-state index in [1.165, 1.54) is 12.4 Å². The molecule has 0 aliphatic rings. The van der Waals surface area contributed by atoms with Gasteiger partial charge in [-0.15, -0.1) is 0 Å². The predicted octanol–water partition coefficient (Wildman–Crippen LogP) is 2.37. The number of aromatic nitrogens is 3. The third kappa shape index (κ3) is 3.87. The number of pyridine rings is 1. The molecule has 3 rings (SSSR count). The second-order valence-electron chi connectivity index (χ2n) is 5.46. The van der Waals surface area contributed by atoms with Crippen molar-refractivity contribution in [3.63, 3.8) is 0 Å². The third-order valence-corrected chi connectivity index (χ3v) is 5.07. The van der Waals surface area contributed by atoms with E-state index in [0.717, 1.165) is 5.56 Å². The largest absolute Gasteiger partial charge is 0.267 e. The zero-order valence-electron chi connectivity index (χ0n) is 13.2. The van der Waals surface area contributed by atoms with Crippen molar-refractivity contribution in [2.45, 2.75) is 24.4 Å². The van der Waals surface area contributed by atoms with Gasteiger partial charge in [-0.05, 0) is 24.6 Å². The maximum atomic E-state index is 12.5. The second kappa shape index (κ2) is 6.94. The van der Waals surface area contributed by atoms with Gasteiger partial charge in [-0.3, -0.25) is 9.67 Å². The summed E-state index contributed by atoms with van der Waals surface area (Å²) >= 11 is 0. The molecule has 0 aliphatic carbocycles. The van der Waals surface area contributed by atoms with Crippen LogP contribution >= 0.6 is 0 Å². The van der Waals surface area contributed by atoms with Gasteiger partial charge in [0, 0.05) is 12.4 Å². The number of hydrogen-bond donors (Lipinski definition) is 1. The lowest BCUT2D eigenvalue weighted by molar-refractivity contribution is 0.563. The van der Waals surface area contributed by atoms with Crippen LogP contribution in [0.4, 0.5) is 0 Å². The summed E-state index contributed by atoms with van der Waals surface area (Å²) in [6.07, 6.45) is 4.52. The molecule has 2 aromatic heterocycles. The van der Waals surface area contributed by atoms with Crippen LogP contribution in [0.15, 0.2) is 72.0 Å². The van der Waals surface area contributed by atoms with E-state index < -0.39 is 16.1 Å². The van der Waals surface area contributed by atoms with E-state index in [1.807, 2.05) is 36.4 Å². The van der Waals surface area contributed by atoms with E-state index >= 15 is 0 Å². The van der Waals surface area contributed by atoms with Crippen LogP contribution in [0.25, 0.3) is 0 Å². The van der Waals surface area contributed by atoms with Gasteiger partial charge in [0.1, 0.15) is 4.90 Å². The number of hydrogen-bond acceptors (Lipinski definition) is 4. The zero-order chi connectivity index (χ0) is 17.0. The predicted molar refractivity (Wildman–Crippen MR) is 90.7 cm³/mol. The highest BCUT2D eigenvalue weighted by Crippen LogP contribution is 2.15. The Balaban J connectivity index is 1.73. The van der Waals surface area contributed by atoms with Gasteiger partial charge in [0.25, 0.3) is 0 Å². The molecule has 0 fully saturated rings. The van der Waals surface area contributed by atoms with Crippen molar-refractivity contribution >= 4 is 10.0 Å². The van der Waals surface area contributed by atoms with Crippen molar-refractivity contribution in [1.82, 2.24) is 19.5 Å². The van der Waals surface area contributed by atoms with Crippen molar-refractivity contribution in [2.75, 3.05) is 0 Å². The van der Waals surface area contributed by atoms with Crippen LogP contribution in [0.1, 0.15) is 24.2 Å². The molecule has 0 aliphatic heterocycles. The molecule has 0 unspecified atom stereocenters. The van der Waals surface area contributed by atoms with Crippen LogP contribution in [0.3, 0.4) is 0 Å². The van der Waals surface area contributed by atoms with Crippen LogP contribution < -0.4 is 4.72 Å². The maximum Gasteiger partial charge on any atom is 0.244 e. The monoisotopic (exact) mass is 342 g/mol. The summed E-state index contributed by atoms with van der Waals surface area (Å²) in [4.78, 5) is 4.31. The summed E-state index contributed by atoms with van der Waals surface area (Å²) in [5, 5.41) is 4.14. The number of nitrogens with zero attached hydrogens (tertiary/aromatic N) is 3. The van der Waals surface area contributed by atoms with Crippen LogP contribution in [-0.4, -0.2) is 23.2 Å². The molecule has 0 saturated carbocycles. The highest BCUT2D eigenvalue weighted by Gasteiger charge is 2.20. The van der Waals surface area contributed by atoms with Gasteiger partial charge in [-0.2, -0.15) is 5.10 Å². The average molecular weight is 342 g/mol. The standard InChI is InChI=1S/C17H18N4O2S/c1-14(17-9-5-6-10-18-17)20-24(22,23)16-11-19-21(13-16)12-15-7-3-2-4-8-15/h2-11,13-14,20H,12H2,1H3/t14-/m0/s1. The third-order valence-electron chi connectivity index (χ3n) is 3.57. The summed E-state index contributed by atoms with van der Waals surface area (Å²) in [7, 11) is -3.65. The molecular weight excluding hydrogens is 324 g/mol. The summed E-state index contributed by atoms with van der Waals surface area (Å²) in [5.74, 6) is 0. The minimum atomic E-state index is -3.65. The lowest BCUT2D eigenvalue weighted by atomic mass is 10.2. The summed E-state index contributed by atoms with van der Waals surface area (Å²) in [5.41, 5.74) is 1.72. The maximum absolute atomic E-state index is 12.5. The number of nitrogens with one attached hydrogen (secondary N) is 1. The molecule has 0 spiro atoms. The Morgan fingerprint density at radius 2 is 1.88 bits per heavy atom. The van der Waals surface area contributed by atoms with Gasteiger partial charge in [0.05, 0.1) is 24.5 Å². The quantitative estimate of drug-likeness (QED) is 0.746. The molecule has 1 aromatic carbocycles. The van der Waals surface area contributed by atoms with Crippen LogP contribution in [-0.2, 0) is 16.6 Å². The molecule has 1 N–H and O–H groups in total. The van der Waals surface area contributed by atoms with Crippen molar-refractivity contribution < 1.29 is 8.42 Å². The molecule has 3 aromatic rings. The molecule has 1 atom stereocenters. The van der Waals surface area contributed by atoms with Gasteiger partial charge >= 0.3 is 0 Å². The summed E-state index contributed by atoms with van der Waals surface area (Å²) in [6.45, 7) is 2.28. The lowest BCUT2D eigenvalue weighted by Gasteiger charge is -2.12. The first-order valence-electron chi connectivity index (χ1n) is 7.54. The van der Waals surface area contributed by atoms with Gasteiger partial charge in [-0.1, -0.05) is 36.4 Å². The number of sulfonamides is 1. The molecule has 124 valence electrons. The van der Waals surface area contributed by atoms with E-state index in [9.17, 15) is 8.42 Å². The number of rotatable bonds is 6. The second-order valence-corrected chi connectivity index (χ2v) is 7.17. The Morgan fingerprint density at radius 1 is 1.12 bits per heavy atom. The zero-order valence-corrected chi connectivity index (χ0v) is 14.0. The Kier molecular flexibility index (Phi) is 4.73. The van der Waals surface area contributed by atoms with Crippen molar-refractivity contribution in [1.29, 1.82) is 0 Å². The lowest BCUT2D eigenvalue weighted by Crippen LogP contribution is -2.27. The van der Waals surface area contributed by atoms with E-state index in [0.29, 0.717) is 12.2 Å². The SMILES string of the molecule is C[C@H](NS(=O)(=O)c1cnn(Cc2ccccc2)c1)c1ccccn1. The van der Waals surface area contributed by atoms with Gasteiger partial charge in [0.2, 0.25) is 10.0 Å². The smallest absolute Gasteiger partial charge is 0.244 e. The molecule has 6 nitrogen and oxygen atoms in total. The van der Waals surface area contributed by atoms with Gasteiger partial charge in [0.15, 0.2) is 0 Å². The first-order chi connectivity index (χ1) is 11.5. The van der Waals surface area contributed by atoms with E-state index in [2.05, 4.69) is 14.8 Å². The van der Waals surface area contributed by atoms with Crippen molar-refractivity contribution in [2.24, 2.45) is 0 Å². The summed E-state index contributed by atoms with van der Waals surface area (Å²) < 4.78 is 29.2. The van der Waals surface area contributed by atoms with E-state index in [1.54, 1.807) is 29.9 Å². The first-order valence-corrected chi connectivity index (χ1v) is 9.02. The van der Waals surface area contributed by atoms with Crippen molar-refractivity contribution in [3.05, 3.63) is 78.4 Å². The molecular formula is C17H18N4O2S. The van der Waals surface area contributed by atoms with E-state index in [-0.39, 0.29) is 4.90 Å².